The highest BCUT2D eigenvalue weighted by Gasteiger charge is 2.26. The summed E-state index contributed by atoms with van der Waals surface area (Å²) in [5.74, 6) is 0. The molecule has 2 atom stereocenters. The van der Waals surface area contributed by atoms with Crippen LogP contribution < -0.4 is 10.6 Å². The van der Waals surface area contributed by atoms with Crippen molar-refractivity contribution in [3.63, 3.8) is 0 Å². The smallest absolute Gasteiger partial charge is 0.0574 e. The van der Waals surface area contributed by atoms with E-state index >= 15 is 0 Å². The van der Waals surface area contributed by atoms with E-state index < -0.39 is 0 Å². The maximum atomic E-state index is 3.48. The van der Waals surface area contributed by atoms with Crippen LogP contribution in [0.5, 0.6) is 0 Å². The third kappa shape index (κ3) is 0.644. The second-order valence-electron chi connectivity index (χ2n) is 2.74. The van der Waals surface area contributed by atoms with E-state index in [9.17, 15) is 0 Å². The molecule has 0 spiro atoms. The zero-order chi connectivity index (χ0) is 5.40. The van der Waals surface area contributed by atoms with Crippen LogP contribution in [0.2, 0.25) is 0 Å². The maximum absolute atomic E-state index is 3.48. The predicted octanol–water partition coefficient (Wildman–Crippen LogP) is 0.0578. The fourth-order valence-corrected chi connectivity index (χ4v) is 1.64. The summed E-state index contributed by atoms with van der Waals surface area (Å²) in [6, 6.07) is 0.848. The largest absolute Gasteiger partial charge is 0.302 e. The minimum Gasteiger partial charge on any atom is -0.302 e. The molecule has 0 aromatic rings. The molecule has 2 saturated heterocycles. The van der Waals surface area contributed by atoms with E-state index in [0.717, 1.165) is 6.04 Å². The van der Waals surface area contributed by atoms with Crippen molar-refractivity contribution in [1.29, 1.82) is 0 Å². The lowest BCUT2D eigenvalue weighted by atomic mass is 10.2. The lowest BCUT2D eigenvalue weighted by Crippen LogP contribution is -2.46. The van der Waals surface area contributed by atoms with Crippen molar-refractivity contribution < 1.29 is 0 Å². The first-order chi connectivity index (χ1) is 3.95. The molecule has 8 heavy (non-hydrogen) atoms. The molecule has 0 radical (unpaired) electrons. The molecule has 2 heteroatoms. The summed E-state index contributed by atoms with van der Waals surface area (Å²) in [5.41, 5.74) is 0. The molecule has 2 N–H and O–H groups in total. The summed E-state index contributed by atoms with van der Waals surface area (Å²) in [5, 5.41) is 6.88. The molecule has 0 aliphatic carbocycles. The van der Waals surface area contributed by atoms with Crippen molar-refractivity contribution in [1.82, 2.24) is 10.6 Å². The zero-order valence-electron chi connectivity index (χ0n) is 4.98. The van der Waals surface area contributed by atoms with Gasteiger partial charge in [0.05, 0.1) is 6.17 Å². The van der Waals surface area contributed by atoms with Gasteiger partial charge in [0.2, 0.25) is 0 Å². The van der Waals surface area contributed by atoms with Gasteiger partial charge in [0.25, 0.3) is 0 Å². The summed E-state index contributed by atoms with van der Waals surface area (Å²) in [4.78, 5) is 0. The molecular formula is C6H12N2. The molecular weight excluding hydrogens is 100 g/mol. The zero-order valence-corrected chi connectivity index (χ0v) is 4.98. The van der Waals surface area contributed by atoms with Crippen molar-refractivity contribution in [2.24, 2.45) is 0 Å². The molecule has 2 aliphatic rings. The Morgan fingerprint density at radius 3 is 2.88 bits per heavy atom. The molecule has 0 saturated carbocycles. The Bertz CT molecular complexity index is 78.5. The summed E-state index contributed by atoms with van der Waals surface area (Å²) >= 11 is 0. The second-order valence-corrected chi connectivity index (χ2v) is 2.74. The number of hydrogen-bond donors (Lipinski definition) is 2. The highest BCUT2D eigenvalue weighted by Crippen LogP contribution is 2.16. The molecule has 0 aromatic heterocycles. The van der Waals surface area contributed by atoms with Crippen LogP contribution in [0.1, 0.15) is 19.3 Å². The van der Waals surface area contributed by atoms with E-state index in [1.165, 1.54) is 25.8 Å². The van der Waals surface area contributed by atoms with Crippen molar-refractivity contribution >= 4 is 0 Å². The summed E-state index contributed by atoms with van der Waals surface area (Å²) in [6.45, 7) is 1.22. The second kappa shape index (κ2) is 1.71. The van der Waals surface area contributed by atoms with Gasteiger partial charge >= 0.3 is 0 Å². The fraction of sp³-hybridized carbons (Fsp3) is 1.00. The van der Waals surface area contributed by atoms with Gasteiger partial charge in [0.15, 0.2) is 0 Å². The summed E-state index contributed by atoms with van der Waals surface area (Å²) < 4.78 is 0. The van der Waals surface area contributed by atoms with Crippen LogP contribution in [0, 0.1) is 0 Å². The van der Waals surface area contributed by atoms with Crippen LogP contribution in [0.3, 0.4) is 0 Å². The lowest BCUT2D eigenvalue weighted by Gasteiger charge is -2.21. The van der Waals surface area contributed by atoms with Crippen molar-refractivity contribution in [2.75, 3.05) is 6.54 Å². The number of hydrogen-bond acceptors (Lipinski definition) is 2. The molecule has 0 aromatic carbocycles. The highest BCUT2D eigenvalue weighted by atomic mass is 15.2. The third-order valence-corrected chi connectivity index (χ3v) is 2.12. The quantitative estimate of drug-likeness (QED) is 0.463. The fourth-order valence-electron chi connectivity index (χ4n) is 1.64. The highest BCUT2D eigenvalue weighted by molar-refractivity contribution is 4.86. The van der Waals surface area contributed by atoms with Gasteiger partial charge in [0.1, 0.15) is 0 Å². The van der Waals surface area contributed by atoms with Gasteiger partial charge in [0, 0.05) is 6.04 Å². The van der Waals surface area contributed by atoms with Crippen LogP contribution in [-0.4, -0.2) is 18.8 Å². The SMILES string of the molecule is C1CC2CCC(N1)N2. The molecule has 2 fully saturated rings. The van der Waals surface area contributed by atoms with Crippen molar-refractivity contribution in [2.45, 2.75) is 31.5 Å². The predicted molar refractivity (Wildman–Crippen MR) is 32.6 cm³/mol. The Kier molecular flexibility index (Phi) is 1.02. The average Bonchev–Trinajstić information content (AvgIpc) is 2.12. The number of rotatable bonds is 0. The first kappa shape index (κ1) is 4.77. The van der Waals surface area contributed by atoms with Gasteiger partial charge in [-0.2, -0.15) is 0 Å². The Morgan fingerprint density at radius 1 is 1.12 bits per heavy atom. The van der Waals surface area contributed by atoms with E-state index in [0.29, 0.717) is 6.17 Å². The minimum absolute atomic E-state index is 0.661. The van der Waals surface area contributed by atoms with Gasteiger partial charge < -0.3 is 5.32 Å². The molecule has 2 bridgehead atoms. The van der Waals surface area contributed by atoms with E-state index in [4.69, 9.17) is 0 Å². The minimum atomic E-state index is 0.661. The van der Waals surface area contributed by atoms with Crippen LogP contribution >= 0.6 is 0 Å². The van der Waals surface area contributed by atoms with Gasteiger partial charge in [-0.3, -0.25) is 5.32 Å². The molecule has 46 valence electrons. The van der Waals surface area contributed by atoms with Crippen molar-refractivity contribution in [3.8, 4) is 0 Å². The normalized spacial score (nSPS) is 45.0. The summed E-state index contributed by atoms with van der Waals surface area (Å²) in [6.07, 6.45) is 4.72. The Hall–Kier alpha value is -0.0800. The monoisotopic (exact) mass is 112 g/mol. The molecule has 2 rings (SSSR count). The molecule has 2 unspecified atom stereocenters. The molecule has 0 amide bonds. The van der Waals surface area contributed by atoms with Gasteiger partial charge in [-0.05, 0) is 25.8 Å². The number of nitrogens with one attached hydrogen (secondary N) is 2. The maximum Gasteiger partial charge on any atom is 0.0574 e. The Morgan fingerprint density at radius 2 is 2.12 bits per heavy atom. The first-order valence-corrected chi connectivity index (χ1v) is 3.44. The van der Waals surface area contributed by atoms with Crippen molar-refractivity contribution in [3.05, 3.63) is 0 Å². The van der Waals surface area contributed by atoms with Gasteiger partial charge in [-0.1, -0.05) is 0 Å². The first-order valence-electron chi connectivity index (χ1n) is 3.44. The van der Waals surface area contributed by atoms with Gasteiger partial charge in [-0.15, -0.1) is 0 Å². The van der Waals surface area contributed by atoms with E-state index in [-0.39, 0.29) is 0 Å². The third-order valence-electron chi connectivity index (χ3n) is 2.12. The van der Waals surface area contributed by atoms with Crippen LogP contribution in [-0.2, 0) is 0 Å². The molecule has 2 heterocycles. The average molecular weight is 112 g/mol. The van der Waals surface area contributed by atoms with E-state index in [1.807, 2.05) is 0 Å². The Balaban J connectivity index is 2.03. The van der Waals surface area contributed by atoms with Crippen LogP contribution in [0.15, 0.2) is 0 Å². The van der Waals surface area contributed by atoms with Crippen LogP contribution in [0.4, 0.5) is 0 Å². The lowest BCUT2D eigenvalue weighted by molar-refractivity contribution is 0.382. The molecule has 2 aliphatic heterocycles. The Labute approximate surface area is 49.7 Å². The summed E-state index contributed by atoms with van der Waals surface area (Å²) in [7, 11) is 0. The van der Waals surface area contributed by atoms with Gasteiger partial charge in [-0.25, -0.2) is 0 Å². The molecule has 2 nitrogen and oxygen atoms in total. The van der Waals surface area contributed by atoms with E-state index in [2.05, 4.69) is 10.6 Å². The standard InChI is InChI=1S/C6H12N2/c1-2-6-7-4-3-5(1)8-6/h5-8H,1-4H2. The number of fused-ring (bicyclic) bond motifs is 2. The topological polar surface area (TPSA) is 24.1 Å². The van der Waals surface area contributed by atoms with E-state index in [1.54, 1.807) is 0 Å². The van der Waals surface area contributed by atoms with Crippen LogP contribution in [0.25, 0.3) is 0 Å².